The molecule has 7 heteroatoms. The molecule has 0 unspecified atom stereocenters. The number of hydrogen-bond acceptors (Lipinski definition) is 6. The minimum Gasteiger partial charge on any atom is -0.497 e. The zero-order chi connectivity index (χ0) is 20.2. The fourth-order valence-corrected chi connectivity index (χ4v) is 3.58. The summed E-state index contributed by atoms with van der Waals surface area (Å²) >= 11 is 0. The summed E-state index contributed by atoms with van der Waals surface area (Å²) in [5.74, 6) is 2.71. The zero-order valence-corrected chi connectivity index (χ0v) is 16.5. The van der Waals surface area contributed by atoms with Crippen LogP contribution in [0.25, 0.3) is 11.4 Å². The Morgan fingerprint density at radius 2 is 1.76 bits per heavy atom. The molecule has 1 fully saturated rings. The van der Waals surface area contributed by atoms with E-state index in [0.717, 1.165) is 24.2 Å². The Balaban J connectivity index is 1.41. The van der Waals surface area contributed by atoms with E-state index < -0.39 is 0 Å². The molecule has 3 aromatic rings. The monoisotopic (exact) mass is 393 g/mol. The van der Waals surface area contributed by atoms with Gasteiger partial charge < -0.3 is 18.9 Å². The molecule has 1 saturated heterocycles. The number of nitrogens with zero attached hydrogens (tertiary/aromatic N) is 3. The first-order chi connectivity index (χ1) is 14.2. The van der Waals surface area contributed by atoms with E-state index in [4.69, 9.17) is 14.0 Å². The highest BCUT2D eigenvalue weighted by atomic mass is 16.5. The topological polar surface area (TPSA) is 77.7 Å². The van der Waals surface area contributed by atoms with Crippen molar-refractivity contribution in [1.82, 2.24) is 15.0 Å². The molecule has 0 atom stereocenters. The second-order valence-corrected chi connectivity index (χ2v) is 6.95. The summed E-state index contributed by atoms with van der Waals surface area (Å²) in [6.45, 7) is 1.28. The van der Waals surface area contributed by atoms with Crippen LogP contribution in [0.2, 0.25) is 0 Å². The zero-order valence-electron chi connectivity index (χ0n) is 16.5. The van der Waals surface area contributed by atoms with Gasteiger partial charge in [0, 0.05) is 24.6 Å². The first-order valence-electron chi connectivity index (χ1n) is 9.60. The number of carbonyl (C=O) groups excluding carboxylic acids is 1. The summed E-state index contributed by atoms with van der Waals surface area (Å²) < 4.78 is 16.0. The molecule has 0 aliphatic carbocycles. The summed E-state index contributed by atoms with van der Waals surface area (Å²) in [7, 11) is 3.21. The smallest absolute Gasteiger partial charge is 0.257 e. The molecule has 1 amide bonds. The van der Waals surface area contributed by atoms with Crippen molar-refractivity contribution in [2.45, 2.75) is 18.8 Å². The Morgan fingerprint density at radius 3 is 2.45 bits per heavy atom. The number of aromatic nitrogens is 2. The van der Waals surface area contributed by atoms with Crippen LogP contribution < -0.4 is 9.47 Å². The summed E-state index contributed by atoms with van der Waals surface area (Å²) in [6.07, 6.45) is 1.57. The van der Waals surface area contributed by atoms with E-state index in [9.17, 15) is 4.79 Å². The number of benzene rings is 2. The molecule has 7 nitrogen and oxygen atoms in total. The van der Waals surface area contributed by atoms with Gasteiger partial charge in [-0.25, -0.2) is 0 Å². The number of para-hydroxylation sites is 1. The first kappa shape index (κ1) is 19.0. The van der Waals surface area contributed by atoms with Gasteiger partial charge in [0.1, 0.15) is 11.5 Å². The summed E-state index contributed by atoms with van der Waals surface area (Å²) in [5.41, 5.74) is 1.47. The van der Waals surface area contributed by atoms with E-state index in [0.29, 0.717) is 36.1 Å². The lowest BCUT2D eigenvalue weighted by Crippen LogP contribution is -2.38. The summed E-state index contributed by atoms with van der Waals surface area (Å²) in [5, 5.41) is 4.12. The predicted molar refractivity (Wildman–Crippen MR) is 107 cm³/mol. The Hall–Kier alpha value is -3.35. The van der Waals surface area contributed by atoms with Crippen molar-refractivity contribution in [3.05, 3.63) is 60.0 Å². The number of likely N-dealkylation sites (tertiary alicyclic amines) is 1. The molecule has 1 aliphatic rings. The first-order valence-corrected chi connectivity index (χ1v) is 9.60. The van der Waals surface area contributed by atoms with Crippen LogP contribution in [0.4, 0.5) is 0 Å². The molecular weight excluding hydrogens is 370 g/mol. The third kappa shape index (κ3) is 3.94. The number of rotatable bonds is 5. The van der Waals surface area contributed by atoms with E-state index in [-0.39, 0.29) is 11.8 Å². The summed E-state index contributed by atoms with van der Waals surface area (Å²) in [6, 6.07) is 14.9. The van der Waals surface area contributed by atoms with Gasteiger partial charge in [-0.1, -0.05) is 17.3 Å². The minimum atomic E-state index is -0.00893. The van der Waals surface area contributed by atoms with Gasteiger partial charge in [-0.05, 0) is 49.2 Å². The van der Waals surface area contributed by atoms with E-state index in [1.165, 1.54) is 0 Å². The van der Waals surface area contributed by atoms with Crippen LogP contribution in [0, 0.1) is 0 Å². The van der Waals surface area contributed by atoms with Crippen molar-refractivity contribution in [1.29, 1.82) is 0 Å². The van der Waals surface area contributed by atoms with Gasteiger partial charge in [0.2, 0.25) is 11.7 Å². The van der Waals surface area contributed by atoms with Crippen LogP contribution >= 0.6 is 0 Å². The highest BCUT2D eigenvalue weighted by molar-refractivity contribution is 5.97. The fraction of sp³-hybridized carbons (Fsp3) is 0.318. The largest absolute Gasteiger partial charge is 0.497 e. The van der Waals surface area contributed by atoms with Crippen molar-refractivity contribution in [3.63, 3.8) is 0 Å². The molecule has 0 bridgehead atoms. The van der Waals surface area contributed by atoms with Crippen LogP contribution in [-0.2, 0) is 0 Å². The Kier molecular flexibility index (Phi) is 5.46. The van der Waals surface area contributed by atoms with Gasteiger partial charge in [-0.2, -0.15) is 4.98 Å². The quantitative estimate of drug-likeness (QED) is 0.657. The second kappa shape index (κ2) is 8.34. The van der Waals surface area contributed by atoms with Gasteiger partial charge in [0.25, 0.3) is 5.91 Å². The number of carbonyl (C=O) groups is 1. The lowest BCUT2D eigenvalue weighted by atomic mass is 9.96. The predicted octanol–water partition coefficient (Wildman–Crippen LogP) is 3.77. The van der Waals surface area contributed by atoms with Gasteiger partial charge in [0.15, 0.2) is 0 Å². The van der Waals surface area contributed by atoms with Crippen LogP contribution in [0.1, 0.15) is 35.0 Å². The SMILES string of the molecule is COc1ccc(-c2noc(C3CCN(C(=O)c4ccccc4OC)CC3)n2)cc1. The number of ether oxygens (including phenoxy) is 2. The van der Waals surface area contributed by atoms with E-state index in [2.05, 4.69) is 10.1 Å². The number of methoxy groups -OCH3 is 2. The van der Waals surface area contributed by atoms with Crippen LogP contribution in [0.3, 0.4) is 0 Å². The fourth-order valence-electron chi connectivity index (χ4n) is 3.58. The second-order valence-electron chi connectivity index (χ2n) is 6.95. The molecule has 0 radical (unpaired) electrons. The molecule has 1 aromatic heterocycles. The number of amides is 1. The molecule has 29 heavy (non-hydrogen) atoms. The maximum absolute atomic E-state index is 12.8. The molecular formula is C22H23N3O4. The number of piperidine rings is 1. The van der Waals surface area contributed by atoms with E-state index in [1.54, 1.807) is 26.4 Å². The normalized spacial score (nSPS) is 14.6. The standard InChI is InChI=1S/C22H23N3O4/c1-27-17-9-7-15(8-10-17)20-23-21(29-24-20)16-11-13-25(14-12-16)22(26)18-5-3-4-6-19(18)28-2/h3-10,16H,11-14H2,1-2H3. The van der Waals surface area contributed by atoms with Gasteiger partial charge in [0.05, 0.1) is 19.8 Å². The molecule has 150 valence electrons. The van der Waals surface area contributed by atoms with Gasteiger partial charge in [-0.15, -0.1) is 0 Å². The van der Waals surface area contributed by atoms with Gasteiger partial charge >= 0.3 is 0 Å². The van der Waals surface area contributed by atoms with Crippen molar-refractivity contribution < 1.29 is 18.8 Å². The van der Waals surface area contributed by atoms with Crippen molar-refractivity contribution in [3.8, 4) is 22.9 Å². The van der Waals surface area contributed by atoms with Crippen molar-refractivity contribution >= 4 is 5.91 Å². The third-order valence-corrected chi connectivity index (χ3v) is 5.26. The minimum absolute atomic E-state index is 0.00893. The third-order valence-electron chi connectivity index (χ3n) is 5.26. The Morgan fingerprint density at radius 1 is 1.03 bits per heavy atom. The lowest BCUT2D eigenvalue weighted by molar-refractivity contribution is 0.0701. The Bertz CT molecular complexity index is 976. The summed E-state index contributed by atoms with van der Waals surface area (Å²) in [4.78, 5) is 19.3. The van der Waals surface area contributed by atoms with E-state index >= 15 is 0 Å². The van der Waals surface area contributed by atoms with Crippen LogP contribution in [0.15, 0.2) is 53.1 Å². The highest BCUT2D eigenvalue weighted by Gasteiger charge is 2.29. The maximum atomic E-state index is 12.8. The molecule has 4 rings (SSSR count). The maximum Gasteiger partial charge on any atom is 0.257 e. The average Bonchev–Trinajstić information content (AvgIpc) is 3.29. The highest BCUT2D eigenvalue weighted by Crippen LogP contribution is 2.30. The molecule has 0 N–H and O–H groups in total. The molecule has 1 aliphatic heterocycles. The molecule has 0 spiro atoms. The lowest BCUT2D eigenvalue weighted by Gasteiger charge is -2.30. The molecule has 0 saturated carbocycles. The number of hydrogen-bond donors (Lipinski definition) is 0. The van der Waals surface area contributed by atoms with Crippen molar-refractivity contribution in [2.75, 3.05) is 27.3 Å². The van der Waals surface area contributed by atoms with E-state index in [1.807, 2.05) is 41.3 Å². The Labute approximate surface area is 169 Å². The van der Waals surface area contributed by atoms with Gasteiger partial charge in [-0.3, -0.25) is 4.79 Å². The molecule has 2 aromatic carbocycles. The molecule has 2 heterocycles. The van der Waals surface area contributed by atoms with Crippen LogP contribution in [-0.4, -0.2) is 48.3 Å². The average molecular weight is 393 g/mol. The van der Waals surface area contributed by atoms with Crippen molar-refractivity contribution in [2.24, 2.45) is 0 Å². The van der Waals surface area contributed by atoms with Crippen LogP contribution in [0.5, 0.6) is 11.5 Å².